The van der Waals surface area contributed by atoms with Gasteiger partial charge in [-0.15, -0.1) is 0 Å². The van der Waals surface area contributed by atoms with Crippen LogP contribution in [0.4, 0.5) is 0 Å². The number of hydrogen-bond acceptors (Lipinski definition) is 7. The van der Waals surface area contributed by atoms with Gasteiger partial charge in [-0.2, -0.15) is 0 Å². The molecule has 20 heavy (non-hydrogen) atoms. The van der Waals surface area contributed by atoms with Crippen LogP contribution in [0, 0.1) is 0 Å². The maximum absolute atomic E-state index is 11.8. The van der Waals surface area contributed by atoms with E-state index in [1.54, 1.807) is 12.1 Å². The zero-order valence-electron chi connectivity index (χ0n) is 10.4. The van der Waals surface area contributed by atoms with E-state index in [4.69, 9.17) is 9.84 Å². The lowest BCUT2D eigenvalue weighted by Crippen LogP contribution is -2.49. The highest BCUT2D eigenvalue weighted by atomic mass is 16.6. The highest BCUT2D eigenvalue weighted by Gasteiger charge is 2.42. The van der Waals surface area contributed by atoms with Crippen LogP contribution in [-0.2, 0) is 4.74 Å². The molecular formula is C12H16N2O6. The Labute approximate surface area is 114 Å². The second-order valence-electron chi connectivity index (χ2n) is 4.37. The Morgan fingerprint density at radius 3 is 2.55 bits per heavy atom. The Morgan fingerprint density at radius 2 is 1.95 bits per heavy atom. The van der Waals surface area contributed by atoms with Crippen molar-refractivity contribution in [1.82, 2.24) is 10.9 Å². The van der Waals surface area contributed by atoms with Gasteiger partial charge < -0.3 is 25.2 Å². The molecule has 1 aromatic rings. The van der Waals surface area contributed by atoms with Crippen molar-refractivity contribution in [2.75, 3.05) is 6.61 Å². The lowest BCUT2D eigenvalue weighted by molar-refractivity contribution is -0.0375. The quantitative estimate of drug-likeness (QED) is 0.355. The van der Waals surface area contributed by atoms with Gasteiger partial charge in [-0.3, -0.25) is 10.2 Å². The second-order valence-corrected chi connectivity index (χ2v) is 4.37. The zero-order chi connectivity index (χ0) is 14.7. The lowest BCUT2D eigenvalue weighted by atomic mass is 10.1. The summed E-state index contributed by atoms with van der Waals surface area (Å²) < 4.78 is 5.11. The van der Waals surface area contributed by atoms with E-state index in [0.29, 0.717) is 0 Å². The normalized spacial score (nSPS) is 29.4. The van der Waals surface area contributed by atoms with Crippen molar-refractivity contribution < 1.29 is 30.0 Å². The van der Waals surface area contributed by atoms with Crippen LogP contribution in [0.3, 0.4) is 0 Å². The number of amides is 1. The number of carbonyl (C=O) groups is 1. The van der Waals surface area contributed by atoms with Gasteiger partial charge >= 0.3 is 0 Å². The fraction of sp³-hybridized carbons (Fsp3) is 0.417. The number of rotatable bonds is 4. The van der Waals surface area contributed by atoms with E-state index in [2.05, 4.69) is 10.9 Å². The van der Waals surface area contributed by atoms with Crippen LogP contribution in [0.25, 0.3) is 0 Å². The van der Waals surface area contributed by atoms with Gasteiger partial charge in [0.15, 0.2) is 6.23 Å². The minimum absolute atomic E-state index is 0.0479. The van der Waals surface area contributed by atoms with Gasteiger partial charge in [-0.1, -0.05) is 12.1 Å². The SMILES string of the molecule is O=C(NN[C@H]1O[C@H](CO)[C@H](O)[C@@H]1O)c1ccccc1O. The molecule has 1 fully saturated rings. The predicted octanol–water partition coefficient (Wildman–Crippen LogP) is -1.93. The van der Waals surface area contributed by atoms with Crippen LogP contribution in [0.15, 0.2) is 24.3 Å². The number of phenolic OH excluding ortho intramolecular Hbond substituents is 1. The molecule has 4 atom stereocenters. The first kappa shape index (κ1) is 14.7. The largest absolute Gasteiger partial charge is 0.507 e. The number of aliphatic hydroxyl groups excluding tert-OH is 3. The topological polar surface area (TPSA) is 131 Å². The summed E-state index contributed by atoms with van der Waals surface area (Å²) in [5.74, 6) is -0.811. The number of aliphatic hydroxyl groups is 3. The molecule has 0 saturated carbocycles. The van der Waals surface area contributed by atoms with Gasteiger partial charge in [-0.05, 0) is 12.1 Å². The average Bonchev–Trinajstić information content (AvgIpc) is 2.72. The van der Waals surface area contributed by atoms with Gasteiger partial charge in [0.05, 0.1) is 12.2 Å². The smallest absolute Gasteiger partial charge is 0.269 e. The van der Waals surface area contributed by atoms with E-state index in [0.717, 1.165) is 0 Å². The standard InChI is InChI=1S/C12H16N2O6/c15-5-8-9(17)10(18)12(20-8)14-13-11(19)6-3-1-2-4-7(6)16/h1-4,8-10,12,14-18H,5H2,(H,13,19)/t8-,9+,10+,12+/m1/s1. The molecule has 1 aliphatic rings. The Hall–Kier alpha value is -1.71. The third-order valence-corrected chi connectivity index (χ3v) is 3.02. The van der Waals surface area contributed by atoms with Gasteiger partial charge in [0.2, 0.25) is 0 Å². The van der Waals surface area contributed by atoms with Crippen molar-refractivity contribution in [3.05, 3.63) is 29.8 Å². The highest BCUT2D eigenvalue weighted by molar-refractivity contribution is 5.96. The van der Waals surface area contributed by atoms with Gasteiger partial charge in [-0.25, -0.2) is 5.43 Å². The molecule has 1 amide bonds. The number of para-hydroxylation sites is 1. The molecule has 0 spiro atoms. The molecular weight excluding hydrogens is 268 g/mol. The summed E-state index contributed by atoms with van der Waals surface area (Å²) in [6, 6.07) is 5.94. The second kappa shape index (κ2) is 6.16. The molecule has 8 nitrogen and oxygen atoms in total. The molecule has 1 heterocycles. The first-order chi connectivity index (χ1) is 9.54. The molecule has 0 radical (unpaired) electrons. The van der Waals surface area contributed by atoms with Crippen molar-refractivity contribution in [2.45, 2.75) is 24.5 Å². The van der Waals surface area contributed by atoms with Gasteiger partial charge in [0, 0.05) is 0 Å². The molecule has 8 heteroatoms. The molecule has 6 N–H and O–H groups in total. The molecule has 2 rings (SSSR count). The number of ether oxygens (including phenoxy) is 1. The Bertz CT molecular complexity index is 483. The molecule has 1 aliphatic heterocycles. The number of aromatic hydroxyl groups is 1. The number of benzene rings is 1. The Kier molecular flexibility index (Phi) is 4.53. The fourth-order valence-electron chi connectivity index (χ4n) is 1.89. The number of nitrogens with one attached hydrogen (secondary N) is 2. The van der Waals surface area contributed by atoms with E-state index in [-0.39, 0.29) is 11.3 Å². The summed E-state index contributed by atoms with van der Waals surface area (Å²) in [7, 11) is 0. The maximum atomic E-state index is 11.8. The molecule has 1 aromatic carbocycles. The summed E-state index contributed by atoms with van der Waals surface area (Å²) >= 11 is 0. The summed E-state index contributed by atoms with van der Waals surface area (Å²) in [5, 5.41) is 37.6. The minimum atomic E-state index is -1.29. The van der Waals surface area contributed by atoms with E-state index >= 15 is 0 Å². The number of phenols is 1. The minimum Gasteiger partial charge on any atom is -0.507 e. The summed E-state index contributed by atoms with van der Waals surface area (Å²) in [5.41, 5.74) is 4.70. The number of hydrogen-bond donors (Lipinski definition) is 6. The van der Waals surface area contributed by atoms with Crippen LogP contribution in [0.5, 0.6) is 5.75 Å². The van der Waals surface area contributed by atoms with Crippen molar-refractivity contribution in [2.24, 2.45) is 0 Å². The highest BCUT2D eigenvalue weighted by Crippen LogP contribution is 2.19. The Balaban J connectivity index is 1.93. The molecule has 0 aliphatic carbocycles. The van der Waals surface area contributed by atoms with Crippen LogP contribution < -0.4 is 10.9 Å². The average molecular weight is 284 g/mol. The van der Waals surface area contributed by atoms with E-state index in [1.165, 1.54) is 12.1 Å². The van der Waals surface area contributed by atoms with E-state index < -0.39 is 37.1 Å². The van der Waals surface area contributed by atoms with Crippen LogP contribution in [0.2, 0.25) is 0 Å². The Morgan fingerprint density at radius 1 is 1.25 bits per heavy atom. The monoisotopic (exact) mass is 284 g/mol. The number of carbonyl (C=O) groups excluding carboxylic acids is 1. The van der Waals surface area contributed by atoms with Crippen molar-refractivity contribution >= 4 is 5.91 Å². The third kappa shape index (κ3) is 2.89. The summed E-state index contributed by atoms with van der Waals surface area (Å²) in [6.07, 6.45) is -4.53. The predicted molar refractivity (Wildman–Crippen MR) is 66.5 cm³/mol. The molecule has 0 unspecified atom stereocenters. The first-order valence-electron chi connectivity index (χ1n) is 6.01. The lowest BCUT2D eigenvalue weighted by Gasteiger charge is -2.17. The van der Waals surface area contributed by atoms with Gasteiger partial charge in [0.25, 0.3) is 5.91 Å². The van der Waals surface area contributed by atoms with E-state index in [9.17, 15) is 20.1 Å². The van der Waals surface area contributed by atoms with Crippen LogP contribution in [-0.4, -0.2) is 57.5 Å². The molecule has 1 saturated heterocycles. The van der Waals surface area contributed by atoms with E-state index in [1.807, 2.05) is 0 Å². The van der Waals surface area contributed by atoms with Crippen molar-refractivity contribution in [3.63, 3.8) is 0 Å². The molecule has 0 bridgehead atoms. The molecule has 110 valence electrons. The fourth-order valence-corrected chi connectivity index (χ4v) is 1.89. The van der Waals surface area contributed by atoms with Crippen molar-refractivity contribution in [1.29, 1.82) is 0 Å². The third-order valence-electron chi connectivity index (χ3n) is 3.02. The summed E-state index contributed by atoms with van der Waals surface area (Å²) in [6.45, 7) is -0.455. The molecule has 0 aromatic heterocycles. The number of hydrazine groups is 1. The zero-order valence-corrected chi connectivity index (χ0v) is 10.4. The van der Waals surface area contributed by atoms with Crippen LogP contribution in [0.1, 0.15) is 10.4 Å². The van der Waals surface area contributed by atoms with Crippen molar-refractivity contribution in [3.8, 4) is 5.75 Å². The van der Waals surface area contributed by atoms with Gasteiger partial charge in [0.1, 0.15) is 24.1 Å². The van der Waals surface area contributed by atoms with Crippen LogP contribution >= 0.6 is 0 Å². The first-order valence-corrected chi connectivity index (χ1v) is 6.01. The maximum Gasteiger partial charge on any atom is 0.269 e. The summed E-state index contributed by atoms with van der Waals surface area (Å²) in [4.78, 5) is 11.8.